The molecule has 0 aromatic carbocycles. The van der Waals surface area contributed by atoms with E-state index < -0.39 is 12.2 Å². The second kappa shape index (κ2) is 6.93. The number of aliphatic hydroxyl groups excluding tert-OH is 2. The van der Waals surface area contributed by atoms with Crippen molar-refractivity contribution in [2.45, 2.75) is 110 Å². The van der Waals surface area contributed by atoms with E-state index in [9.17, 15) is 10.2 Å². The fraction of sp³-hybridized carbons (Fsp3) is 1.00. The Morgan fingerprint density at radius 2 is 1.65 bits per heavy atom. The predicted molar refractivity (Wildman–Crippen MR) is 119 cm³/mol. The molecule has 4 heteroatoms. The van der Waals surface area contributed by atoms with Crippen molar-refractivity contribution in [3.8, 4) is 0 Å². The van der Waals surface area contributed by atoms with E-state index in [2.05, 4.69) is 27.7 Å². The molecule has 4 aliphatic carbocycles. The minimum atomic E-state index is -0.537. The molecule has 6 aliphatic rings. The Labute approximate surface area is 188 Å². The largest absolute Gasteiger partial charge is 0.390 e. The van der Waals surface area contributed by atoms with Crippen molar-refractivity contribution in [1.29, 1.82) is 0 Å². The van der Waals surface area contributed by atoms with Gasteiger partial charge in [-0.15, -0.1) is 0 Å². The van der Waals surface area contributed by atoms with Crippen LogP contribution in [0.1, 0.15) is 85.5 Å². The topological polar surface area (TPSA) is 58.9 Å². The summed E-state index contributed by atoms with van der Waals surface area (Å²) in [4.78, 5) is 0. The van der Waals surface area contributed by atoms with Crippen molar-refractivity contribution in [2.24, 2.45) is 52.3 Å². The van der Waals surface area contributed by atoms with Gasteiger partial charge in [-0.1, -0.05) is 27.7 Å². The molecule has 2 aliphatic heterocycles. The predicted octanol–water partition coefficient (Wildman–Crippen LogP) is 4.76. The zero-order valence-corrected chi connectivity index (χ0v) is 20.1. The third kappa shape index (κ3) is 2.80. The monoisotopic (exact) mass is 432 g/mol. The highest BCUT2D eigenvalue weighted by Gasteiger charge is 2.69. The summed E-state index contributed by atoms with van der Waals surface area (Å²) in [7, 11) is 0. The lowest BCUT2D eigenvalue weighted by atomic mass is 9.44. The summed E-state index contributed by atoms with van der Waals surface area (Å²) in [5.41, 5.74) is 0.550. The summed E-state index contributed by atoms with van der Waals surface area (Å²) in [6.07, 6.45) is 9.51. The summed E-state index contributed by atoms with van der Waals surface area (Å²) in [6.45, 7) is 10.6. The highest BCUT2D eigenvalue weighted by atomic mass is 16.7. The molecule has 0 aromatic rings. The molecule has 6 rings (SSSR count). The molecule has 0 amide bonds. The Balaban J connectivity index is 1.26. The van der Waals surface area contributed by atoms with Gasteiger partial charge in [-0.2, -0.15) is 0 Å². The normalized spacial score (nSPS) is 63.3. The summed E-state index contributed by atoms with van der Waals surface area (Å²) < 4.78 is 13.3. The summed E-state index contributed by atoms with van der Waals surface area (Å²) in [5.74, 6) is 4.21. The van der Waals surface area contributed by atoms with Gasteiger partial charge >= 0.3 is 0 Å². The first-order chi connectivity index (χ1) is 14.7. The van der Waals surface area contributed by atoms with Gasteiger partial charge < -0.3 is 19.7 Å². The molecule has 13 atom stereocenters. The van der Waals surface area contributed by atoms with Gasteiger partial charge in [0, 0.05) is 12.3 Å². The molecular weight excluding hydrogens is 388 g/mol. The lowest BCUT2D eigenvalue weighted by Gasteiger charge is -2.61. The van der Waals surface area contributed by atoms with E-state index in [0.717, 1.165) is 37.7 Å². The van der Waals surface area contributed by atoms with Crippen LogP contribution >= 0.6 is 0 Å². The standard InChI is InChI=1S/C27H44O4/c1-15-7-10-27(30-14-15)16(2)24-23(31-27)12-20-18-6-5-17-11-21(28)22(29)13-26(17,4)19(18)8-9-25(20,24)3/h15-24,28-29H,5-14H2,1-4H3/t15-,16+,17+,18-,19+,20+,21-,22-,23+,24?,25+,26+,27-/m1/s1. The molecule has 2 saturated heterocycles. The molecular formula is C27H44O4. The lowest BCUT2D eigenvalue weighted by molar-refractivity contribution is -0.273. The van der Waals surface area contributed by atoms with Crippen LogP contribution in [0.5, 0.6) is 0 Å². The number of aliphatic hydroxyl groups is 2. The molecule has 2 N–H and O–H groups in total. The highest BCUT2D eigenvalue weighted by molar-refractivity contribution is 5.15. The Hall–Kier alpha value is -0.160. The van der Waals surface area contributed by atoms with E-state index in [1.54, 1.807) is 0 Å². The second-order valence-electron chi connectivity index (χ2n) is 13.2. The van der Waals surface area contributed by atoms with Crippen LogP contribution in [0.3, 0.4) is 0 Å². The van der Waals surface area contributed by atoms with Crippen molar-refractivity contribution >= 4 is 0 Å². The van der Waals surface area contributed by atoms with Crippen molar-refractivity contribution in [3.05, 3.63) is 0 Å². The third-order valence-electron chi connectivity index (χ3n) is 12.0. The van der Waals surface area contributed by atoms with Crippen LogP contribution in [0, 0.1) is 52.3 Å². The summed E-state index contributed by atoms with van der Waals surface area (Å²) in [5, 5.41) is 20.9. The van der Waals surface area contributed by atoms with E-state index in [0.29, 0.717) is 41.1 Å². The summed E-state index contributed by atoms with van der Waals surface area (Å²) in [6, 6.07) is 0. The van der Waals surface area contributed by atoms with E-state index in [-0.39, 0.29) is 11.2 Å². The Bertz CT molecular complexity index is 716. The van der Waals surface area contributed by atoms with Crippen molar-refractivity contribution < 1.29 is 19.7 Å². The molecule has 1 spiro atoms. The number of hydrogen-bond acceptors (Lipinski definition) is 4. The SMILES string of the molecule is C[C@@H]1CC[C@@]2(OC1)O[C@H]1C[C@H]3[C@@H]4CC[C@H]5C[C@@H](O)[C@H](O)C[C@]5(C)[C@H]4CC[C@]3(C)C1[C@@H]2C. The lowest BCUT2D eigenvalue weighted by Crippen LogP contribution is -2.57. The number of fused-ring (bicyclic) bond motifs is 7. The van der Waals surface area contributed by atoms with Crippen LogP contribution in [0.25, 0.3) is 0 Å². The van der Waals surface area contributed by atoms with Crippen LogP contribution in [0.2, 0.25) is 0 Å². The van der Waals surface area contributed by atoms with Gasteiger partial charge in [0.25, 0.3) is 0 Å². The van der Waals surface area contributed by atoms with E-state index in [1.165, 1.54) is 38.5 Å². The van der Waals surface area contributed by atoms with Crippen LogP contribution in [-0.4, -0.2) is 40.9 Å². The van der Waals surface area contributed by atoms with E-state index >= 15 is 0 Å². The number of rotatable bonds is 0. The average molecular weight is 433 g/mol. The maximum absolute atomic E-state index is 10.6. The first kappa shape index (κ1) is 21.4. The Kier molecular flexibility index (Phi) is 4.78. The molecule has 0 aromatic heterocycles. The molecule has 4 saturated carbocycles. The molecule has 176 valence electrons. The average Bonchev–Trinajstić information content (AvgIpc) is 3.16. The first-order valence-corrected chi connectivity index (χ1v) is 13.4. The molecule has 0 radical (unpaired) electrons. The molecule has 2 heterocycles. The smallest absolute Gasteiger partial charge is 0.171 e. The molecule has 6 fully saturated rings. The van der Waals surface area contributed by atoms with Gasteiger partial charge in [-0.3, -0.25) is 0 Å². The maximum Gasteiger partial charge on any atom is 0.171 e. The fourth-order valence-corrected chi connectivity index (χ4v) is 10.3. The van der Waals surface area contributed by atoms with Gasteiger partial charge in [0.1, 0.15) is 0 Å². The van der Waals surface area contributed by atoms with Gasteiger partial charge in [-0.05, 0) is 97.7 Å². The number of hydrogen-bond donors (Lipinski definition) is 2. The van der Waals surface area contributed by atoms with Crippen LogP contribution in [0.15, 0.2) is 0 Å². The molecule has 31 heavy (non-hydrogen) atoms. The quantitative estimate of drug-likeness (QED) is 0.579. The van der Waals surface area contributed by atoms with Crippen molar-refractivity contribution in [2.75, 3.05) is 6.61 Å². The Morgan fingerprint density at radius 1 is 0.839 bits per heavy atom. The first-order valence-electron chi connectivity index (χ1n) is 13.4. The van der Waals surface area contributed by atoms with E-state index in [4.69, 9.17) is 9.47 Å². The third-order valence-corrected chi connectivity index (χ3v) is 12.0. The minimum absolute atomic E-state index is 0.191. The highest BCUT2D eigenvalue weighted by Crippen LogP contribution is 2.71. The van der Waals surface area contributed by atoms with E-state index in [1.807, 2.05) is 0 Å². The molecule has 4 nitrogen and oxygen atoms in total. The minimum Gasteiger partial charge on any atom is -0.390 e. The van der Waals surface area contributed by atoms with Crippen LogP contribution < -0.4 is 0 Å². The van der Waals surface area contributed by atoms with Gasteiger partial charge in [0.15, 0.2) is 5.79 Å². The van der Waals surface area contributed by atoms with Gasteiger partial charge in [0.2, 0.25) is 0 Å². The van der Waals surface area contributed by atoms with Crippen molar-refractivity contribution in [3.63, 3.8) is 0 Å². The van der Waals surface area contributed by atoms with Crippen LogP contribution in [0.4, 0.5) is 0 Å². The maximum atomic E-state index is 10.6. The zero-order valence-electron chi connectivity index (χ0n) is 20.1. The van der Waals surface area contributed by atoms with Crippen molar-refractivity contribution in [1.82, 2.24) is 0 Å². The molecule has 0 bridgehead atoms. The molecule has 1 unspecified atom stereocenters. The van der Waals surface area contributed by atoms with Gasteiger partial charge in [0.05, 0.1) is 24.9 Å². The fourth-order valence-electron chi connectivity index (χ4n) is 10.3. The number of ether oxygens (including phenoxy) is 2. The zero-order chi connectivity index (χ0) is 21.8. The van der Waals surface area contributed by atoms with Gasteiger partial charge in [-0.25, -0.2) is 0 Å². The second-order valence-corrected chi connectivity index (χ2v) is 13.2. The summed E-state index contributed by atoms with van der Waals surface area (Å²) >= 11 is 0. The Morgan fingerprint density at radius 3 is 2.39 bits per heavy atom. The van der Waals surface area contributed by atoms with Crippen LogP contribution in [-0.2, 0) is 9.47 Å².